The minimum atomic E-state index is -1.64. The van der Waals surface area contributed by atoms with Crippen LogP contribution in [0.3, 0.4) is 0 Å². The third kappa shape index (κ3) is 2.41. The van der Waals surface area contributed by atoms with Crippen molar-refractivity contribution in [2.24, 2.45) is 17.3 Å². The Morgan fingerprint density at radius 1 is 1.28 bits per heavy atom. The summed E-state index contributed by atoms with van der Waals surface area (Å²) in [4.78, 5) is 6.26. The van der Waals surface area contributed by atoms with Crippen molar-refractivity contribution in [2.45, 2.75) is 12.8 Å². The van der Waals surface area contributed by atoms with Crippen LogP contribution >= 0.6 is 0 Å². The van der Waals surface area contributed by atoms with Gasteiger partial charge in [0, 0.05) is 37.3 Å². The average Bonchev–Trinajstić information content (AvgIpc) is 2.67. The molecule has 1 aromatic rings. The lowest BCUT2D eigenvalue weighted by Crippen LogP contribution is -2.52. The maximum Gasteiger partial charge on any atom is 0.189 e. The molecule has 1 aliphatic carbocycles. The average molecular weight is 330 g/mol. The van der Waals surface area contributed by atoms with Crippen molar-refractivity contribution in [1.82, 2.24) is 9.88 Å². The van der Waals surface area contributed by atoms with Gasteiger partial charge in [0.15, 0.2) is 5.41 Å². The molecule has 1 saturated carbocycles. The molecule has 2 aliphatic rings. The van der Waals surface area contributed by atoms with E-state index in [0.717, 1.165) is 24.2 Å². The highest BCUT2D eigenvalue weighted by Crippen LogP contribution is 2.53. The van der Waals surface area contributed by atoms with Crippen molar-refractivity contribution in [3.8, 4) is 18.2 Å². The molecule has 0 aromatic carbocycles. The van der Waals surface area contributed by atoms with Crippen molar-refractivity contribution in [3.63, 3.8) is 0 Å². The summed E-state index contributed by atoms with van der Waals surface area (Å²) in [6.07, 6.45) is 5.28. The molecule has 1 aromatic heterocycles. The number of aromatic nitrogens is 1. The summed E-state index contributed by atoms with van der Waals surface area (Å²) in [5.41, 5.74) is -0.0527. The second kappa shape index (κ2) is 6.48. The van der Waals surface area contributed by atoms with Gasteiger partial charge in [0.2, 0.25) is 0 Å². The smallest absolute Gasteiger partial charge is 0.189 e. The van der Waals surface area contributed by atoms with Crippen LogP contribution < -0.4 is 0 Å². The van der Waals surface area contributed by atoms with Gasteiger partial charge in [-0.1, -0.05) is 13.0 Å². The summed E-state index contributed by atoms with van der Waals surface area (Å²) in [6.45, 7) is 4.31. The van der Waals surface area contributed by atoms with E-state index in [1.54, 1.807) is 24.5 Å². The Labute approximate surface area is 147 Å². The van der Waals surface area contributed by atoms with Gasteiger partial charge in [-0.05, 0) is 29.8 Å². The Hall–Kier alpha value is -3.01. The second-order valence-electron chi connectivity index (χ2n) is 6.43. The number of nitrogens with one attached hydrogen (secondary N) is 1. The number of hydrogen-bond acceptors (Lipinski definition) is 6. The van der Waals surface area contributed by atoms with Crippen LogP contribution in [0.2, 0.25) is 0 Å². The number of fused-ring (bicyclic) bond motifs is 1. The molecule has 0 bridgehead atoms. The highest BCUT2D eigenvalue weighted by Gasteiger charge is 2.57. The molecule has 3 atom stereocenters. The number of nitriles is 3. The molecular weight excluding hydrogens is 312 g/mol. The van der Waals surface area contributed by atoms with Crippen molar-refractivity contribution in [3.05, 3.63) is 41.7 Å². The fourth-order valence-electron chi connectivity index (χ4n) is 4.07. The van der Waals surface area contributed by atoms with E-state index in [9.17, 15) is 15.8 Å². The first-order valence-electron chi connectivity index (χ1n) is 8.26. The molecular formula is C19H18N6. The lowest BCUT2D eigenvalue weighted by Gasteiger charge is -2.47. The Bertz CT molecular complexity index is 821. The van der Waals surface area contributed by atoms with Gasteiger partial charge in [-0.3, -0.25) is 9.88 Å². The zero-order valence-corrected chi connectivity index (χ0v) is 14.0. The molecule has 0 saturated heterocycles. The summed E-state index contributed by atoms with van der Waals surface area (Å²) in [5.74, 6) is -1.43. The standard InChI is InChI=1S/C19H18N6/c1-2-25-8-5-14-15(9-20)18(23)19(11-21,12-22)17(16(14)10-25)13-3-6-24-7-4-13/h3-7,15-17,23H,2,8,10H2,1H3. The second-order valence-corrected chi connectivity index (χ2v) is 6.43. The quantitative estimate of drug-likeness (QED) is 0.836. The van der Waals surface area contributed by atoms with Crippen LogP contribution in [-0.2, 0) is 0 Å². The summed E-state index contributed by atoms with van der Waals surface area (Å²) in [6, 6.07) is 9.95. The first-order chi connectivity index (χ1) is 12.1. The molecule has 0 amide bonds. The molecule has 6 nitrogen and oxygen atoms in total. The normalized spacial score (nSPS) is 28.0. The van der Waals surface area contributed by atoms with Crippen molar-refractivity contribution in [1.29, 1.82) is 21.2 Å². The predicted molar refractivity (Wildman–Crippen MR) is 91.2 cm³/mol. The molecule has 1 N–H and O–H groups in total. The maximum atomic E-state index is 9.90. The third-order valence-electron chi connectivity index (χ3n) is 5.38. The largest absolute Gasteiger partial charge is 0.305 e. The maximum absolute atomic E-state index is 9.90. The molecule has 124 valence electrons. The van der Waals surface area contributed by atoms with E-state index in [1.807, 2.05) is 6.08 Å². The summed E-state index contributed by atoms with van der Waals surface area (Å²) < 4.78 is 0. The Kier molecular flexibility index (Phi) is 4.36. The first kappa shape index (κ1) is 16.8. The summed E-state index contributed by atoms with van der Waals surface area (Å²) in [5, 5.41) is 37.9. The van der Waals surface area contributed by atoms with Crippen molar-refractivity contribution < 1.29 is 0 Å². The molecule has 6 heteroatoms. The Morgan fingerprint density at radius 2 is 1.96 bits per heavy atom. The molecule has 1 aliphatic heterocycles. The Balaban J connectivity index is 2.24. The molecule has 25 heavy (non-hydrogen) atoms. The van der Waals surface area contributed by atoms with Crippen LogP contribution in [-0.4, -0.2) is 35.2 Å². The van der Waals surface area contributed by atoms with E-state index < -0.39 is 17.3 Å². The third-order valence-corrected chi connectivity index (χ3v) is 5.38. The van der Waals surface area contributed by atoms with Gasteiger partial charge in [-0.15, -0.1) is 0 Å². The molecule has 2 heterocycles. The van der Waals surface area contributed by atoms with Crippen molar-refractivity contribution in [2.75, 3.05) is 19.6 Å². The van der Waals surface area contributed by atoms with E-state index in [0.29, 0.717) is 6.54 Å². The van der Waals surface area contributed by atoms with Gasteiger partial charge in [-0.25, -0.2) is 0 Å². The fourth-order valence-corrected chi connectivity index (χ4v) is 4.07. The molecule has 0 radical (unpaired) electrons. The van der Waals surface area contributed by atoms with E-state index in [1.165, 1.54) is 0 Å². The first-order valence-corrected chi connectivity index (χ1v) is 8.26. The van der Waals surface area contributed by atoms with Crippen LogP contribution in [0.25, 0.3) is 0 Å². The molecule has 0 spiro atoms. The van der Waals surface area contributed by atoms with Crippen molar-refractivity contribution >= 4 is 5.71 Å². The van der Waals surface area contributed by atoms with Crippen LogP contribution in [0.4, 0.5) is 0 Å². The minimum absolute atomic E-state index is 0.103. The van der Waals surface area contributed by atoms with E-state index >= 15 is 0 Å². The zero-order valence-electron chi connectivity index (χ0n) is 14.0. The lowest BCUT2D eigenvalue weighted by molar-refractivity contribution is 0.211. The van der Waals surface area contributed by atoms with Gasteiger partial charge < -0.3 is 5.41 Å². The van der Waals surface area contributed by atoms with Gasteiger partial charge in [-0.2, -0.15) is 15.8 Å². The van der Waals surface area contributed by atoms with E-state index in [4.69, 9.17) is 5.41 Å². The topological polar surface area (TPSA) is 111 Å². The number of hydrogen-bond donors (Lipinski definition) is 1. The van der Waals surface area contributed by atoms with Crippen LogP contribution in [0.1, 0.15) is 18.4 Å². The SMILES string of the molecule is CCN1CC=C2C(C#N)C(=N)C(C#N)(C#N)C(c3ccncc3)C2C1. The van der Waals surface area contributed by atoms with Gasteiger partial charge >= 0.3 is 0 Å². The monoisotopic (exact) mass is 330 g/mol. The van der Waals surface area contributed by atoms with Gasteiger partial charge in [0.1, 0.15) is 5.92 Å². The summed E-state index contributed by atoms with van der Waals surface area (Å²) in [7, 11) is 0. The number of nitrogens with zero attached hydrogens (tertiary/aromatic N) is 5. The van der Waals surface area contributed by atoms with E-state index in [2.05, 4.69) is 35.0 Å². The Morgan fingerprint density at radius 3 is 2.52 bits per heavy atom. The summed E-state index contributed by atoms with van der Waals surface area (Å²) >= 11 is 0. The molecule has 1 fully saturated rings. The predicted octanol–water partition coefficient (Wildman–Crippen LogP) is 2.25. The van der Waals surface area contributed by atoms with Crippen LogP contribution in [0, 0.1) is 56.7 Å². The lowest BCUT2D eigenvalue weighted by atomic mass is 9.54. The van der Waals surface area contributed by atoms with Crippen LogP contribution in [0.15, 0.2) is 36.2 Å². The van der Waals surface area contributed by atoms with Gasteiger partial charge in [0.05, 0.1) is 23.9 Å². The molecule has 3 rings (SSSR count). The van der Waals surface area contributed by atoms with Gasteiger partial charge in [0.25, 0.3) is 0 Å². The highest BCUT2D eigenvalue weighted by molar-refractivity contribution is 6.00. The van der Waals surface area contributed by atoms with Crippen LogP contribution in [0.5, 0.6) is 0 Å². The zero-order chi connectivity index (χ0) is 18.0. The minimum Gasteiger partial charge on any atom is -0.305 e. The number of likely N-dealkylation sites (N-methyl/N-ethyl adjacent to an activating group) is 1. The number of rotatable bonds is 2. The highest BCUT2D eigenvalue weighted by atomic mass is 15.1. The van der Waals surface area contributed by atoms with E-state index in [-0.39, 0.29) is 11.6 Å². The fraction of sp³-hybridized carbons (Fsp3) is 0.421. The molecule has 3 unspecified atom stereocenters. The number of pyridine rings is 1.